The molecular weight excluding hydrogens is 338 g/mol. The number of carbonyl (C=O) groups is 1. The van der Waals surface area contributed by atoms with Crippen molar-refractivity contribution in [2.45, 2.75) is 6.92 Å². The smallest absolute Gasteiger partial charge is 0.347 e. The largest absolute Gasteiger partial charge is 0.506 e. The van der Waals surface area contributed by atoms with Gasteiger partial charge in [-0.25, -0.2) is 9.78 Å². The zero-order chi connectivity index (χ0) is 18.8. The number of aromatic nitrogens is 2. The third-order valence-electron chi connectivity index (χ3n) is 3.77. The summed E-state index contributed by atoms with van der Waals surface area (Å²) in [4.78, 5) is 28.1. The Labute approximate surface area is 147 Å². The molecule has 3 rings (SSSR count). The number of aromatic hydroxyl groups is 1. The Morgan fingerprint density at radius 3 is 2.81 bits per heavy atom. The summed E-state index contributed by atoms with van der Waals surface area (Å²) in [6.07, 6.45) is 1.38. The summed E-state index contributed by atoms with van der Waals surface area (Å²) in [5.41, 5.74) is -0.400. The fourth-order valence-electron chi connectivity index (χ4n) is 2.55. The predicted octanol–water partition coefficient (Wildman–Crippen LogP) is 2.05. The van der Waals surface area contributed by atoms with E-state index >= 15 is 0 Å². The number of benzene rings is 1. The summed E-state index contributed by atoms with van der Waals surface area (Å²) in [6.45, 7) is 1.55. The third kappa shape index (κ3) is 2.71. The van der Waals surface area contributed by atoms with Crippen LogP contribution in [0.15, 0.2) is 41.3 Å². The van der Waals surface area contributed by atoms with Crippen LogP contribution in [0, 0.1) is 11.3 Å². The normalized spacial score (nSPS) is 10.5. The molecule has 0 aliphatic rings. The molecule has 130 valence electrons. The Kier molecular flexibility index (Phi) is 4.29. The zero-order valence-corrected chi connectivity index (χ0v) is 13.6. The highest BCUT2D eigenvalue weighted by Gasteiger charge is 2.24. The van der Waals surface area contributed by atoms with Crippen LogP contribution in [-0.2, 0) is 4.74 Å². The maximum atomic E-state index is 12.1. The molecule has 0 saturated carbocycles. The number of hydrogen-bond donors (Lipinski definition) is 2. The maximum absolute atomic E-state index is 12.1. The van der Waals surface area contributed by atoms with E-state index < -0.39 is 22.8 Å². The first-order chi connectivity index (χ1) is 12.5. The maximum Gasteiger partial charge on any atom is 0.347 e. The third-order valence-corrected chi connectivity index (χ3v) is 3.77. The fourth-order valence-corrected chi connectivity index (χ4v) is 2.55. The molecule has 0 fully saturated rings. The van der Waals surface area contributed by atoms with Crippen LogP contribution in [0.2, 0.25) is 0 Å². The van der Waals surface area contributed by atoms with E-state index in [1.807, 2.05) is 6.07 Å². The predicted molar refractivity (Wildman–Crippen MR) is 91.0 cm³/mol. The lowest BCUT2D eigenvalue weighted by Gasteiger charge is -2.10. The van der Waals surface area contributed by atoms with Crippen molar-refractivity contribution >= 4 is 17.0 Å². The second-order valence-electron chi connectivity index (χ2n) is 5.35. The molecule has 0 bridgehead atoms. The molecule has 2 N–H and O–H groups in total. The van der Waals surface area contributed by atoms with Gasteiger partial charge in [0.05, 0.1) is 23.6 Å². The highest BCUT2D eigenvalue weighted by atomic mass is 16.5. The van der Waals surface area contributed by atoms with Crippen molar-refractivity contribution in [3.8, 4) is 22.9 Å². The lowest BCUT2D eigenvalue weighted by atomic mass is 10.0. The van der Waals surface area contributed by atoms with Gasteiger partial charge in [0.15, 0.2) is 11.2 Å². The molecule has 0 amide bonds. The molecule has 0 unspecified atom stereocenters. The molecule has 0 atom stereocenters. The van der Waals surface area contributed by atoms with E-state index in [0.717, 1.165) is 0 Å². The van der Waals surface area contributed by atoms with E-state index in [0.29, 0.717) is 16.7 Å². The molecule has 0 radical (unpaired) electrons. The molecular formula is C18H13N3O5. The molecule has 0 spiro atoms. The van der Waals surface area contributed by atoms with E-state index in [1.165, 1.54) is 12.3 Å². The average molecular weight is 351 g/mol. The van der Waals surface area contributed by atoms with Crippen LogP contribution in [0.25, 0.3) is 22.2 Å². The van der Waals surface area contributed by atoms with Crippen LogP contribution in [-0.4, -0.2) is 32.6 Å². The summed E-state index contributed by atoms with van der Waals surface area (Å²) in [5, 5.41) is 29.4. The van der Waals surface area contributed by atoms with Crippen LogP contribution >= 0.6 is 0 Å². The molecule has 2 heterocycles. The number of fused-ring (bicyclic) bond motifs is 1. The Morgan fingerprint density at radius 2 is 2.12 bits per heavy atom. The summed E-state index contributed by atoms with van der Waals surface area (Å²) in [6, 6.07) is 10.2. The number of nitrogens with zero attached hydrogens (tertiary/aromatic N) is 3. The molecule has 2 aromatic heterocycles. The summed E-state index contributed by atoms with van der Waals surface area (Å²) in [5.74, 6) is -1.67. The van der Waals surface area contributed by atoms with Gasteiger partial charge in [-0.05, 0) is 30.7 Å². The number of ether oxygens (including phenoxy) is 1. The molecule has 8 heteroatoms. The van der Waals surface area contributed by atoms with E-state index in [4.69, 9.17) is 10.00 Å². The van der Waals surface area contributed by atoms with Gasteiger partial charge in [-0.3, -0.25) is 4.79 Å². The van der Waals surface area contributed by atoms with E-state index in [2.05, 4.69) is 4.98 Å². The highest BCUT2D eigenvalue weighted by Crippen LogP contribution is 2.29. The van der Waals surface area contributed by atoms with E-state index in [9.17, 15) is 19.9 Å². The van der Waals surface area contributed by atoms with Crippen molar-refractivity contribution in [3.05, 3.63) is 58.0 Å². The first-order valence-electron chi connectivity index (χ1n) is 7.62. The van der Waals surface area contributed by atoms with Gasteiger partial charge in [-0.1, -0.05) is 12.1 Å². The van der Waals surface area contributed by atoms with Gasteiger partial charge in [0.25, 0.3) is 0 Å². The average Bonchev–Trinajstić information content (AvgIpc) is 2.66. The molecule has 1 aromatic carbocycles. The minimum atomic E-state index is -1.12. The Hall–Kier alpha value is -3.86. The van der Waals surface area contributed by atoms with Gasteiger partial charge < -0.3 is 15.1 Å². The highest BCUT2D eigenvalue weighted by molar-refractivity contribution is 5.99. The van der Waals surface area contributed by atoms with Crippen LogP contribution in [0.4, 0.5) is 0 Å². The monoisotopic (exact) mass is 351 g/mol. The Morgan fingerprint density at radius 1 is 1.35 bits per heavy atom. The van der Waals surface area contributed by atoms with Crippen LogP contribution in [0.3, 0.4) is 0 Å². The molecule has 0 aliphatic carbocycles. The lowest BCUT2D eigenvalue weighted by molar-refractivity contribution is 0.0515. The van der Waals surface area contributed by atoms with Gasteiger partial charge in [0, 0.05) is 11.8 Å². The fraction of sp³-hybridized carbons (Fsp3) is 0.111. The first-order valence-corrected chi connectivity index (χ1v) is 7.62. The first kappa shape index (κ1) is 17.0. The van der Waals surface area contributed by atoms with Crippen LogP contribution < -0.4 is 5.56 Å². The Bertz CT molecular complexity index is 1130. The molecule has 0 saturated heterocycles. The van der Waals surface area contributed by atoms with Crippen molar-refractivity contribution in [2.24, 2.45) is 0 Å². The number of esters is 1. The number of carbonyl (C=O) groups excluding carboxylic acids is 1. The Balaban J connectivity index is 2.28. The van der Waals surface area contributed by atoms with Crippen molar-refractivity contribution in [1.82, 2.24) is 9.71 Å². The van der Waals surface area contributed by atoms with Crippen LogP contribution in [0.1, 0.15) is 22.8 Å². The van der Waals surface area contributed by atoms with Gasteiger partial charge in [0.1, 0.15) is 5.75 Å². The van der Waals surface area contributed by atoms with E-state index in [-0.39, 0.29) is 22.4 Å². The standard InChI is InChI=1S/C18H13N3O5/c1-2-26-18(24)14-15(22)13-7-12(9-20-16(13)21(25)17(14)23)11-5-3-4-10(6-11)8-19/h3-7,9,22,25H,2H2,1H3. The van der Waals surface area contributed by atoms with Gasteiger partial charge in [-0.15, -0.1) is 4.73 Å². The van der Waals surface area contributed by atoms with Gasteiger partial charge >= 0.3 is 11.5 Å². The second-order valence-corrected chi connectivity index (χ2v) is 5.35. The summed E-state index contributed by atoms with van der Waals surface area (Å²) >= 11 is 0. The zero-order valence-electron chi connectivity index (χ0n) is 13.6. The van der Waals surface area contributed by atoms with Crippen molar-refractivity contribution in [1.29, 1.82) is 5.26 Å². The topological polar surface area (TPSA) is 125 Å². The van der Waals surface area contributed by atoms with Crippen molar-refractivity contribution in [3.63, 3.8) is 0 Å². The molecule has 8 nitrogen and oxygen atoms in total. The minimum absolute atomic E-state index is 0.000417. The van der Waals surface area contributed by atoms with Crippen molar-refractivity contribution in [2.75, 3.05) is 6.61 Å². The molecule has 26 heavy (non-hydrogen) atoms. The quantitative estimate of drug-likeness (QED) is 0.546. The SMILES string of the molecule is CCOC(=O)c1c(O)c2cc(-c3cccc(C#N)c3)cnc2n(O)c1=O. The molecule has 3 aromatic rings. The second kappa shape index (κ2) is 6.57. The number of hydrogen-bond acceptors (Lipinski definition) is 7. The summed E-state index contributed by atoms with van der Waals surface area (Å²) < 4.78 is 4.95. The van der Waals surface area contributed by atoms with Crippen molar-refractivity contribution < 1.29 is 19.8 Å². The summed E-state index contributed by atoms with van der Waals surface area (Å²) in [7, 11) is 0. The van der Waals surface area contributed by atoms with Gasteiger partial charge in [0.2, 0.25) is 0 Å². The van der Waals surface area contributed by atoms with Crippen LogP contribution in [0.5, 0.6) is 5.75 Å². The molecule has 0 aliphatic heterocycles. The number of rotatable bonds is 3. The number of nitriles is 1. The van der Waals surface area contributed by atoms with E-state index in [1.54, 1.807) is 31.2 Å². The number of pyridine rings is 2. The van der Waals surface area contributed by atoms with Gasteiger partial charge in [-0.2, -0.15) is 5.26 Å². The minimum Gasteiger partial charge on any atom is -0.506 e. The lowest BCUT2D eigenvalue weighted by Crippen LogP contribution is -2.27.